The number of aromatic nitrogens is 1. The maximum Gasteiger partial charge on any atom is 0.0895 e. The first-order chi connectivity index (χ1) is 8.58. The van der Waals surface area contributed by atoms with E-state index in [0.717, 1.165) is 28.4 Å². The third kappa shape index (κ3) is 3.02. The molecule has 3 heteroatoms. The van der Waals surface area contributed by atoms with Crippen molar-refractivity contribution in [2.24, 2.45) is 5.92 Å². The first kappa shape index (κ1) is 13.3. The van der Waals surface area contributed by atoms with Crippen LogP contribution in [0, 0.1) is 19.8 Å². The highest BCUT2D eigenvalue weighted by atomic mass is 16.5. The number of aryl methyl sites for hydroxylation is 1. The normalized spacial score (nSPS) is 24.2. The van der Waals surface area contributed by atoms with Crippen LogP contribution in [0.2, 0.25) is 0 Å². The van der Waals surface area contributed by atoms with Crippen molar-refractivity contribution in [1.29, 1.82) is 0 Å². The van der Waals surface area contributed by atoms with Gasteiger partial charge in [0, 0.05) is 11.9 Å². The van der Waals surface area contributed by atoms with E-state index in [1.54, 1.807) is 0 Å². The summed E-state index contributed by atoms with van der Waals surface area (Å²) in [5, 5.41) is 0. The Labute approximate surface area is 110 Å². The molecule has 0 saturated heterocycles. The van der Waals surface area contributed by atoms with Crippen molar-refractivity contribution in [3.05, 3.63) is 23.0 Å². The number of anilines is 1. The molecule has 0 unspecified atom stereocenters. The predicted molar refractivity (Wildman–Crippen MR) is 74.3 cm³/mol. The van der Waals surface area contributed by atoms with Crippen LogP contribution in [-0.2, 0) is 11.3 Å². The van der Waals surface area contributed by atoms with Crippen LogP contribution in [0.4, 0.5) is 5.69 Å². The maximum atomic E-state index is 6.01. The van der Waals surface area contributed by atoms with E-state index in [2.05, 4.69) is 11.9 Å². The third-order valence-corrected chi connectivity index (χ3v) is 4.09. The molecule has 1 aromatic heterocycles. The summed E-state index contributed by atoms with van der Waals surface area (Å²) in [6, 6.07) is 0. The molecule has 0 radical (unpaired) electrons. The summed E-state index contributed by atoms with van der Waals surface area (Å²) in [4.78, 5) is 4.43. The standard InChI is InChI=1S/C15H24N2O/c1-10-4-6-13(7-5-10)18-9-14-12(3)15(16)11(2)8-17-14/h8,10,13H,4-7,9H2,1-3H3,(H2,16,17). The van der Waals surface area contributed by atoms with E-state index < -0.39 is 0 Å². The molecule has 0 aliphatic heterocycles. The van der Waals surface area contributed by atoms with Gasteiger partial charge >= 0.3 is 0 Å². The predicted octanol–water partition coefficient (Wildman–Crippen LogP) is 3.38. The van der Waals surface area contributed by atoms with Crippen LogP contribution in [-0.4, -0.2) is 11.1 Å². The monoisotopic (exact) mass is 248 g/mol. The van der Waals surface area contributed by atoms with E-state index in [0.29, 0.717) is 12.7 Å². The van der Waals surface area contributed by atoms with Gasteiger partial charge in [0.25, 0.3) is 0 Å². The van der Waals surface area contributed by atoms with Gasteiger partial charge in [0.15, 0.2) is 0 Å². The summed E-state index contributed by atoms with van der Waals surface area (Å²) < 4.78 is 5.97. The number of nitrogen functional groups attached to an aromatic ring is 1. The largest absolute Gasteiger partial charge is 0.398 e. The van der Waals surface area contributed by atoms with Crippen molar-refractivity contribution in [2.45, 2.75) is 59.2 Å². The molecular formula is C15H24N2O. The maximum absolute atomic E-state index is 6.01. The first-order valence-corrected chi connectivity index (χ1v) is 6.90. The molecule has 1 aliphatic rings. The van der Waals surface area contributed by atoms with Gasteiger partial charge in [0.2, 0.25) is 0 Å². The molecule has 2 rings (SSSR count). The quantitative estimate of drug-likeness (QED) is 0.892. The second-order valence-electron chi connectivity index (χ2n) is 5.62. The lowest BCUT2D eigenvalue weighted by Crippen LogP contribution is -2.20. The Morgan fingerprint density at radius 3 is 2.61 bits per heavy atom. The van der Waals surface area contributed by atoms with Crippen LogP contribution in [0.15, 0.2) is 6.20 Å². The van der Waals surface area contributed by atoms with Crippen LogP contribution >= 0.6 is 0 Å². The lowest BCUT2D eigenvalue weighted by molar-refractivity contribution is 0.00707. The van der Waals surface area contributed by atoms with Crippen LogP contribution in [0.5, 0.6) is 0 Å². The molecule has 2 N–H and O–H groups in total. The van der Waals surface area contributed by atoms with Gasteiger partial charge in [-0.05, 0) is 56.6 Å². The molecule has 0 aromatic carbocycles. The molecule has 1 aromatic rings. The molecule has 1 heterocycles. The number of hydrogen-bond donors (Lipinski definition) is 1. The number of ether oxygens (including phenoxy) is 1. The van der Waals surface area contributed by atoms with Crippen LogP contribution in [0.3, 0.4) is 0 Å². The molecule has 1 fully saturated rings. The average molecular weight is 248 g/mol. The van der Waals surface area contributed by atoms with Crippen molar-refractivity contribution >= 4 is 5.69 Å². The summed E-state index contributed by atoms with van der Waals surface area (Å²) in [7, 11) is 0. The lowest BCUT2D eigenvalue weighted by atomic mass is 9.89. The van der Waals surface area contributed by atoms with Crippen molar-refractivity contribution < 1.29 is 4.74 Å². The van der Waals surface area contributed by atoms with Gasteiger partial charge in [-0.25, -0.2) is 0 Å². The van der Waals surface area contributed by atoms with Gasteiger partial charge < -0.3 is 10.5 Å². The molecule has 100 valence electrons. The van der Waals surface area contributed by atoms with E-state index in [-0.39, 0.29) is 0 Å². The van der Waals surface area contributed by atoms with Gasteiger partial charge in [0.1, 0.15) is 0 Å². The fraction of sp³-hybridized carbons (Fsp3) is 0.667. The Morgan fingerprint density at radius 1 is 1.28 bits per heavy atom. The zero-order valence-electron chi connectivity index (χ0n) is 11.7. The van der Waals surface area contributed by atoms with E-state index in [1.165, 1.54) is 25.7 Å². The van der Waals surface area contributed by atoms with Crippen molar-refractivity contribution in [3.8, 4) is 0 Å². The Kier molecular flexibility index (Phi) is 4.23. The summed E-state index contributed by atoms with van der Waals surface area (Å²) in [6.07, 6.45) is 7.18. The highest BCUT2D eigenvalue weighted by Gasteiger charge is 2.19. The van der Waals surface area contributed by atoms with Crippen molar-refractivity contribution in [1.82, 2.24) is 4.98 Å². The molecule has 3 nitrogen and oxygen atoms in total. The van der Waals surface area contributed by atoms with Gasteiger partial charge in [-0.1, -0.05) is 6.92 Å². The Hall–Kier alpha value is -1.09. The van der Waals surface area contributed by atoms with Crippen molar-refractivity contribution in [3.63, 3.8) is 0 Å². The second kappa shape index (κ2) is 5.70. The third-order valence-electron chi connectivity index (χ3n) is 4.09. The first-order valence-electron chi connectivity index (χ1n) is 6.90. The molecular weight excluding hydrogens is 224 g/mol. The topological polar surface area (TPSA) is 48.1 Å². The Morgan fingerprint density at radius 2 is 1.94 bits per heavy atom. The molecule has 0 atom stereocenters. The highest BCUT2D eigenvalue weighted by molar-refractivity contribution is 5.53. The zero-order valence-corrected chi connectivity index (χ0v) is 11.7. The van der Waals surface area contributed by atoms with Crippen LogP contribution in [0.25, 0.3) is 0 Å². The fourth-order valence-electron chi connectivity index (χ4n) is 2.53. The minimum atomic E-state index is 0.407. The Balaban J connectivity index is 1.92. The highest BCUT2D eigenvalue weighted by Crippen LogP contribution is 2.27. The number of nitrogens with two attached hydrogens (primary N) is 1. The summed E-state index contributed by atoms with van der Waals surface area (Å²) in [5.41, 5.74) is 9.96. The van der Waals surface area contributed by atoms with Gasteiger partial charge in [-0.2, -0.15) is 0 Å². The minimum Gasteiger partial charge on any atom is -0.398 e. The van der Waals surface area contributed by atoms with Gasteiger partial charge in [-0.3, -0.25) is 4.98 Å². The molecule has 1 saturated carbocycles. The van der Waals surface area contributed by atoms with Gasteiger partial charge in [-0.15, -0.1) is 0 Å². The number of hydrogen-bond acceptors (Lipinski definition) is 3. The lowest BCUT2D eigenvalue weighted by Gasteiger charge is -2.26. The molecule has 18 heavy (non-hydrogen) atoms. The van der Waals surface area contributed by atoms with Gasteiger partial charge in [0.05, 0.1) is 18.4 Å². The van der Waals surface area contributed by atoms with E-state index in [4.69, 9.17) is 10.5 Å². The molecule has 1 aliphatic carbocycles. The SMILES string of the molecule is Cc1cnc(COC2CCC(C)CC2)c(C)c1N. The summed E-state index contributed by atoms with van der Waals surface area (Å²) >= 11 is 0. The van der Waals surface area contributed by atoms with E-state index in [9.17, 15) is 0 Å². The summed E-state index contributed by atoms with van der Waals surface area (Å²) in [6.45, 7) is 6.93. The second-order valence-corrected chi connectivity index (χ2v) is 5.62. The number of pyridine rings is 1. The zero-order chi connectivity index (χ0) is 13.1. The van der Waals surface area contributed by atoms with Crippen LogP contribution in [0.1, 0.15) is 49.4 Å². The molecule has 0 spiro atoms. The minimum absolute atomic E-state index is 0.407. The molecule has 0 amide bonds. The fourth-order valence-corrected chi connectivity index (χ4v) is 2.53. The number of nitrogens with zero attached hydrogens (tertiary/aromatic N) is 1. The number of rotatable bonds is 3. The summed E-state index contributed by atoms with van der Waals surface area (Å²) in [5.74, 6) is 0.861. The molecule has 0 bridgehead atoms. The Bertz CT molecular complexity index is 409. The van der Waals surface area contributed by atoms with E-state index >= 15 is 0 Å². The van der Waals surface area contributed by atoms with Crippen molar-refractivity contribution in [2.75, 3.05) is 5.73 Å². The smallest absolute Gasteiger partial charge is 0.0895 e. The van der Waals surface area contributed by atoms with E-state index in [1.807, 2.05) is 20.0 Å². The van der Waals surface area contributed by atoms with Crippen LogP contribution < -0.4 is 5.73 Å². The average Bonchev–Trinajstić information content (AvgIpc) is 2.37.